The van der Waals surface area contributed by atoms with Crippen LogP contribution < -0.4 is 0 Å². The maximum atomic E-state index is 12.6. The van der Waals surface area contributed by atoms with E-state index in [4.69, 9.17) is 11.6 Å². The number of rotatable bonds is 3. The zero-order valence-corrected chi connectivity index (χ0v) is 11.4. The number of ketones is 1. The second kappa shape index (κ2) is 6.09. The van der Waals surface area contributed by atoms with Gasteiger partial charge in [-0.15, -0.1) is 0 Å². The third-order valence-electron chi connectivity index (χ3n) is 2.38. The van der Waals surface area contributed by atoms with Crippen LogP contribution in [-0.2, 0) is 11.0 Å². The molecule has 0 amide bonds. The predicted octanol–water partition coefficient (Wildman–Crippen LogP) is 4.48. The number of benzene rings is 1. The van der Waals surface area contributed by atoms with Crippen molar-refractivity contribution >= 4 is 29.3 Å². The monoisotopic (exact) mass is 305 g/mol. The molecule has 0 fully saturated rings. The summed E-state index contributed by atoms with van der Waals surface area (Å²) in [6, 6.07) is 2.67. The molecule has 1 N–H and O–H groups in total. The Morgan fingerprint density at radius 2 is 1.95 bits per heavy atom. The molecule has 0 saturated carbocycles. The summed E-state index contributed by atoms with van der Waals surface area (Å²) in [5.74, 6) is -0.735. The molecule has 0 aliphatic heterocycles. The maximum absolute atomic E-state index is 12.6. The van der Waals surface area contributed by atoms with Crippen molar-refractivity contribution in [1.29, 1.82) is 0 Å². The number of hydrogen-bond donors (Lipinski definition) is 1. The maximum Gasteiger partial charge on any atom is 0.416 e. The first-order chi connectivity index (χ1) is 9.12. The third kappa shape index (κ3) is 4.09. The van der Waals surface area contributed by atoms with Gasteiger partial charge in [0.2, 0.25) is 0 Å². The molecule has 3 nitrogen and oxygen atoms in total. The van der Waals surface area contributed by atoms with Crippen molar-refractivity contribution in [3.8, 4) is 0 Å². The van der Waals surface area contributed by atoms with E-state index in [9.17, 15) is 23.1 Å². The van der Waals surface area contributed by atoms with Crippen LogP contribution >= 0.6 is 11.6 Å². The van der Waals surface area contributed by atoms with E-state index in [0.29, 0.717) is 0 Å². The second-order valence-electron chi connectivity index (χ2n) is 3.98. The molecule has 1 aromatic carbocycles. The molecular formula is C13H11ClF3NO2. The number of alkyl halides is 3. The van der Waals surface area contributed by atoms with Gasteiger partial charge in [-0.2, -0.15) is 13.2 Å². The molecule has 0 saturated heterocycles. The number of aliphatic imine (C=N–C) groups is 1. The molecule has 0 atom stereocenters. The van der Waals surface area contributed by atoms with Gasteiger partial charge in [0, 0.05) is 6.21 Å². The molecule has 108 valence electrons. The van der Waals surface area contributed by atoms with Gasteiger partial charge in [-0.05, 0) is 32.0 Å². The van der Waals surface area contributed by atoms with Gasteiger partial charge < -0.3 is 5.11 Å². The van der Waals surface area contributed by atoms with Crippen molar-refractivity contribution < 1.29 is 23.1 Å². The number of carbonyl (C=O) groups is 1. The van der Waals surface area contributed by atoms with Gasteiger partial charge in [-0.1, -0.05) is 11.6 Å². The van der Waals surface area contributed by atoms with Gasteiger partial charge in [0.15, 0.2) is 5.78 Å². The van der Waals surface area contributed by atoms with Crippen LogP contribution in [0.5, 0.6) is 0 Å². The van der Waals surface area contributed by atoms with E-state index in [2.05, 4.69) is 4.99 Å². The van der Waals surface area contributed by atoms with E-state index in [1.54, 1.807) is 0 Å². The highest BCUT2D eigenvalue weighted by Gasteiger charge is 2.30. The summed E-state index contributed by atoms with van der Waals surface area (Å²) in [4.78, 5) is 14.9. The number of nitrogens with zero attached hydrogens (tertiary/aromatic N) is 1. The fraction of sp³-hybridized carbons (Fsp3) is 0.231. The molecule has 0 spiro atoms. The van der Waals surface area contributed by atoms with Gasteiger partial charge in [0.25, 0.3) is 0 Å². The van der Waals surface area contributed by atoms with Crippen LogP contribution in [0.1, 0.15) is 19.4 Å². The Hall–Kier alpha value is -1.82. The zero-order valence-electron chi connectivity index (χ0n) is 10.6. The van der Waals surface area contributed by atoms with E-state index in [-0.39, 0.29) is 22.0 Å². The first kappa shape index (κ1) is 16.2. The standard InChI is InChI=1S/C13H11ClF3NO2/c1-7(19)10(8(2)20)6-18-12-5-9(13(15,16)17)3-4-11(12)14/h3-6,19H,1-2H3. The molecule has 0 aliphatic carbocycles. The van der Waals surface area contributed by atoms with Crippen molar-refractivity contribution in [2.24, 2.45) is 4.99 Å². The lowest BCUT2D eigenvalue weighted by Crippen LogP contribution is -2.04. The lowest BCUT2D eigenvalue weighted by atomic mass is 10.1. The van der Waals surface area contributed by atoms with E-state index in [1.807, 2.05) is 0 Å². The van der Waals surface area contributed by atoms with Crippen molar-refractivity contribution in [3.05, 3.63) is 40.1 Å². The minimum absolute atomic E-state index is 0.00717. The van der Waals surface area contributed by atoms with E-state index < -0.39 is 17.5 Å². The van der Waals surface area contributed by atoms with E-state index in [0.717, 1.165) is 24.4 Å². The number of aliphatic hydroxyl groups is 1. The van der Waals surface area contributed by atoms with Crippen LogP contribution in [-0.4, -0.2) is 17.1 Å². The fourth-order valence-corrected chi connectivity index (χ4v) is 1.53. The third-order valence-corrected chi connectivity index (χ3v) is 2.69. The highest BCUT2D eigenvalue weighted by Crippen LogP contribution is 2.34. The van der Waals surface area contributed by atoms with Gasteiger partial charge in [-0.25, -0.2) is 0 Å². The Labute approximate surface area is 118 Å². The topological polar surface area (TPSA) is 49.7 Å². The van der Waals surface area contributed by atoms with Gasteiger partial charge in [0.1, 0.15) is 5.76 Å². The number of Topliss-reactive ketones (excluding diaryl/α,β-unsaturated/α-hetero) is 1. The summed E-state index contributed by atoms with van der Waals surface area (Å²) < 4.78 is 37.7. The SMILES string of the molecule is CC(=O)C(C=Nc1cc(C(F)(F)F)ccc1Cl)=C(C)O. The molecule has 0 heterocycles. The fourth-order valence-electron chi connectivity index (χ4n) is 1.36. The summed E-state index contributed by atoms with van der Waals surface area (Å²) in [7, 11) is 0. The van der Waals surface area contributed by atoms with Gasteiger partial charge in [-0.3, -0.25) is 9.79 Å². The summed E-state index contributed by atoms with van der Waals surface area (Å²) in [6.07, 6.45) is -3.53. The second-order valence-corrected chi connectivity index (χ2v) is 4.38. The quantitative estimate of drug-likeness (QED) is 0.508. The summed E-state index contributed by atoms with van der Waals surface area (Å²) in [5.41, 5.74) is -1.14. The average molecular weight is 306 g/mol. The van der Waals surface area contributed by atoms with Crippen LogP contribution in [0.15, 0.2) is 34.5 Å². The molecular weight excluding hydrogens is 295 g/mol. The van der Waals surface area contributed by atoms with Crippen LogP contribution in [0, 0.1) is 0 Å². The lowest BCUT2D eigenvalue weighted by Gasteiger charge is -2.08. The first-order valence-electron chi connectivity index (χ1n) is 5.44. The first-order valence-corrected chi connectivity index (χ1v) is 5.82. The molecule has 1 rings (SSSR count). The predicted molar refractivity (Wildman–Crippen MR) is 70.6 cm³/mol. The molecule has 0 aliphatic rings. The molecule has 0 bridgehead atoms. The number of carbonyl (C=O) groups excluding carboxylic acids is 1. The minimum atomic E-state index is -4.51. The van der Waals surface area contributed by atoms with Gasteiger partial charge >= 0.3 is 6.18 Å². The number of hydrogen-bond acceptors (Lipinski definition) is 3. The van der Waals surface area contributed by atoms with Crippen molar-refractivity contribution in [2.45, 2.75) is 20.0 Å². The largest absolute Gasteiger partial charge is 0.512 e. The number of halogens is 4. The van der Waals surface area contributed by atoms with E-state index in [1.165, 1.54) is 13.8 Å². The van der Waals surface area contributed by atoms with Crippen LogP contribution in [0.3, 0.4) is 0 Å². The van der Waals surface area contributed by atoms with Crippen LogP contribution in [0.2, 0.25) is 5.02 Å². The molecule has 0 aromatic heterocycles. The smallest absolute Gasteiger partial charge is 0.416 e. The Morgan fingerprint density at radius 3 is 2.40 bits per heavy atom. The molecule has 1 aromatic rings. The normalized spacial score (nSPS) is 13.5. The Kier molecular flexibility index (Phi) is 4.94. The Balaban J connectivity index is 3.22. The lowest BCUT2D eigenvalue weighted by molar-refractivity contribution is -0.137. The van der Waals surface area contributed by atoms with Crippen molar-refractivity contribution in [3.63, 3.8) is 0 Å². The summed E-state index contributed by atoms with van der Waals surface area (Å²) >= 11 is 5.74. The highest BCUT2D eigenvalue weighted by atomic mass is 35.5. The minimum Gasteiger partial charge on any atom is -0.512 e. The van der Waals surface area contributed by atoms with Crippen molar-refractivity contribution in [2.75, 3.05) is 0 Å². The molecule has 7 heteroatoms. The average Bonchev–Trinajstić information content (AvgIpc) is 2.29. The van der Waals surface area contributed by atoms with E-state index >= 15 is 0 Å². The summed E-state index contributed by atoms with van der Waals surface area (Å²) in [6.45, 7) is 2.48. The van der Waals surface area contributed by atoms with Gasteiger partial charge in [0.05, 0.1) is 21.8 Å². The Morgan fingerprint density at radius 1 is 1.35 bits per heavy atom. The zero-order chi connectivity index (χ0) is 15.5. The van der Waals surface area contributed by atoms with Crippen LogP contribution in [0.4, 0.5) is 18.9 Å². The van der Waals surface area contributed by atoms with Crippen molar-refractivity contribution in [1.82, 2.24) is 0 Å². The summed E-state index contributed by atoms with van der Waals surface area (Å²) in [5, 5.41) is 9.28. The Bertz CT molecular complexity index is 588. The molecule has 20 heavy (non-hydrogen) atoms. The number of allylic oxidation sites excluding steroid dienone is 2. The molecule has 0 radical (unpaired) electrons. The molecule has 0 unspecified atom stereocenters. The number of aliphatic hydroxyl groups excluding tert-OH is 1. The van der Waals surface area contributed by atoms with Crippen LogP contribution in [0.25, 0.3) is 0 Å². The highest BCUT2D eigenvalue weighted by molar-refractivity contribution is 6.33.